The number of ether oxygens (including phenoxy) is 2. The molecule has 0 amide bonds. The fourth-order valence-electron chi connectivity index (χ4n) is 3.50. The summed E-state index contributed by atoms with van der Waals surface area (Å²) >= 11 is 0. The molecule has 116 valence electrons. The maximum Gasteiger partial charge on any atom is 0.231 e. The Balaban J connectivity index is 1.48. The first-order valence-electron chi connectivity index (χ1n) is 8.16. The van der Waals surface area contributed by atoms with Crippen LogP contribution in [0.15, 0.2) is 18.2 Å². The van der Waals surface area contributed by atoms with E-state index in [-0.39, 0.29) is 0 Å². The quantitative estimate of drug-likeness (QED) is 0.876. The smallest absolute Gasteiger partial charge is 0.231 e. The third kappa shape index (κ3) is 3.45. The van der Waals surface area contributed by atoms with Crippen molar-refractivity contribution in [3.8, 4) is 11.5 Å². The van der Waals surface area contributed by atoms with E-state index < -0.39 is 0 Å². The summed E-state index contributed by atoms with van der Waals surface area (Å²) in [6, 6.07) is 6.11. The van der Waals surface area contributed by atoms with Gasteiger partial charge in [-0.25, -0.2) is 0 Å². The highest BCUT2D eigenvalue weighted by molar-refractivity contribution is 5.55. The van der Waals surface area contributed by atoms with Gasteiger partial charge in [-0.2, -0.15) is 0 Å². The van der Waals surface area contributed by atoms with Crippen LogP contribution >= 0.6 is 0 Å². The van der Waals surface area contributed by atoms with Crippen molar-refractivity contribution >= 4 is 5.69 Å². The number of hydrogen-bond donors (Lipinski definition) is 1. The zero-order valence-corrected chi connectivity index (χ0v) is 13.4. The van der Waals surface area contributed by atoms with Gasteiger partial charge in [0.05, 0.1) is 0 Å². The minimum absolute atomic E-state index is 0.343. The number of benzene rings is 1. The van der Waals surface area contributed by atoms with Crippen molar-refractivity contribution in [1.29, 1.82) is 0 Å². The Morgan fingerprint density at radius 2 is 1.76 bits per heavy atom. The van der Waals surface area contributed by atoms with E-state index in [0.29, 0.717) is 12.2 Å². The Hall–Kier alpha value is -1.38. The van der Waals surface area contributed by atoms with Gasteiger partial charge in [0.15, 0.2) is 11.5 Å². The summed E-state index contributed by atoms with van der Waals surface area (Å²) in [5.41, 5.74) is 1.60. The van der Waals surface area contributed by atoms with Crippen LogP contribution in [0, 0.1) is 17.3 Å². The fourth-order valence-corrected chi connectivity index (χ4v) is 3.50. The molecule has 3 nitrogen and oxygen atoms in total. The van der Waals surface area contributed by atoms with Crippen LogP contribution in [0.25, 0.3) is 0 Å². The molecule has 0 saturated heterocycles. The minimum Gasteiger partial charge on any atom is -0.454 e. The van der Waals surface area contributed by atoms with Crippen LogP contribution in [0.4, 0.5) is 5.69 Å². The molecule has 3 heteroatoms. The predicted molar refractivity (Wildman–Crippen MR) is 86.0 cm³/mol. The topological polar surface area (TPSA) is 30.5 Å². The second kappa shape index (κ2) is 5.78. The third-order valence-corrected chi connectivity index (χ3v) is 5.04. The molecule has 2 aliphatic rings. The zero-order valence-electron chi connectivity index (χ0n) is 13.4. The van der Waals surface area contributed by atoms with E-state index >= 15 is 0 Å². The predicted octanol–water partition coefficient (Wildman–Crippen LogP) is 4.68. The Kier molecular flexibility index (Phi) is 4.01. The molecule has 0 bridgehead atoms. The van der Waals surface area contributed by atoms with Gasteiger partial charge in [0, 0.05) is 18.3 Å². The van der Waals surface area contributed by atoms with E-state index in [1.807, 2.05) is 12.1 Å². The Morgan fingerprint density at radius 3 is 2.48 bits per heavy atom. The maximum atomic E-state index is 5.42. The number of fused-ring (bicyclic) bond motifs is 1. The van der Waals surface area contributed by atoms with E-state index in [9.17, 15) is 0 Å². The Labute approximate surface area is 128 Å². The van der Waals surface area contributed by atoms with Gasteiger partial charge in [-0.1, -0.05) is 20.8 Å². The molecule has 3 rings (SSSR count). The second-order valence-electron chi connectivity index (χ2n) is 7.53. The molecule has 0 unspecified atom stereocenters. The molecule has 1 N–H and O–H groups in total. The maximum absolute atomic E-state index is 5.42. The van der Waals surface area contributed by atoms with Gasteiger partial charge >= 0.3 is 0 Å². The summed E-state index contributed by atoms with van der Waals surface area (Å²) in [7, 11) is 0. The highest BCUT2D eigenvalue weighted by Crippen LogP contribution is 2.40. The van der Waals surface area contributed by atoms with Gasteiger partial charge in [-0.15, -0.1) is 0 Å². The van der Waals surface area contributed by atoms with Crippen molar-refractivity contribution in [3.05, 3.63) is 18.2 Å². The standard InChI is InChI=1S/C18H27NO2/c1-18(2,3)14-6-4-13(5-7-14)11-19-15-8-9-16-17(10-15)21-12-20-16/h8-10,13-14,19H,4-7,11-12H2,1-3H3. The number of nitrogens with one attached hydrogen (secondary N) is 1. The van der Waals surface area contributed by atoms with Crippen LogP contribution in [-0.4, -0.2) is 13.3 Å². The third-order valence-electron chi connectivity index (χ3n) is 5.04. The van der Waals surface area contributed by atoms with Crippen LogP contribution in [0.5, 0.6) is 11.5 Å². The van der Waals surface area contributed by atoms with E-state index in [1.165, 1.54) is 25.7 Å². The molecule has 0 radical (unpaired) electrons. The molecule has 0 spiro atoms. The molecular formula is C18H27NO2. The minimum atomic E-state index is 0.343. The number of hydrogen-bond acceptors (Lipinski definition) is 3. The lowest BCUT2D eigenvalue weighted by Gasteiger charge is -2.37. The monoisotopic (exact) mass is 289 g/mol. The van der Waals surface area contributed by atoms with Crippen LogP contribution in [0.2, 0.25) is 0 Å². The summed E-state index contributed by atoms with van der Waals surface area (Å²) in [5.74, 6) is 3.40. The summed E-state index contributed by atoms with van der Waals surface area (Å²) in [6.45, 7) is 8.54. The first kappa shape index (κ1) is 14.6. The lowest BCUT2D eigenvalue weighted by atomic mass is 9.70. The molecule has 21 heavy (non-hydrogen) atoms. The van der Waals surface area contributed by atoms with Gasteiger partial charge in [0.1, 0.15) is 0 Å². The lowest BCUT2D eigenvalue weighted by molar-refractivity contribution is 0.153. The Bertz CT molecular complexity index is 484. The van der Waals surface area contributed by atoms with Gasteiger partial charge in [-0.3, -0.25) is 0 Å². The summed E-state index contributed by atoms with van der Waals surface area (Å²) in [4.78, 5) is 0. The molecular weight excluding hydrogens is 262 g/mol. The van der Waals surface area contributed by atoms with E-state index in [0.717, 1.165) is 35.6 Å². The van der Waals surface area contributed by atoms with Gasteiger partial charge < -0.3 is 14.8 Å². The normalized spacial score (nSPS) is 24.9. The van der Waals surface area contributed by atoms with Crippen LogP contribution in [-0.2, 0) is 0 Å². The number of anilines is 1. The molecule has 1 aliphatic carbocycles. The second-order valence-corrected chi connectivity index (χ2v) is 7.53. The van der Waals surface area contributed by atoms with Crippen molar-refractivity contribution in [3.63, 3.8) is 0 Å². The van der Waals surface area contributed by atoms with Crippen LogP contribution in [0.3, 0.4) is 0 Å². The average molecular weight is 289 g/mol. The molecule has 1 aromatic rings. The van der Waals surface area contributed by atoms with Crippen LogP contribution in [0.1, 0.15) is 46.5 Å². The van der Waals surface area contributed by atoms with Crippen molar-refractivity contribution in [2.75, 3.05) is 18.7 Å². The summed E-state index contributed by atoms with van der Waals surface area (Å²) in [6.07, 6.45) is 5.44. The molecule has 1 aromatic carbocycles. The fraction of sp³-hybridized carbons (Fsp3) is 0.667. The van der Waals surface area contributed by atoms with Crippen molar-refractivity contribution in [2.24, 2.45) is 17.3 Å². The first-order valence-corrected chi connectivity index (χ1v) is 8.16. The van der Waals surface area contributed by atoms with E-state index in [2.05, 4.69) is 32.2 Å². The number of rotatable bonds is 3. The van der Waals surface area contributed by atoms with Gasteiger partial charge in [-0.05, 0) is 55.1 Å². The molecule has 1 fully saturated rings. The Morgan fingerprint density at radius 1 is 1.05 bits per heavy atom. The molecule has 0 aromatic heterocycles. The van der Waals surface area contributed by atoms with Crippen molar-refractivity contribution < 1.29 is 9.47 Å². The van der Waals surface area contributed by atoms with Crippen molar-refractivity contribution in [2.45, 2.75) is 46.5 Å². The highest BCUT2D eigenvalue weighted by Gasteiger charge is 2.29. The molecule has 0 atom stereocenters. The SMILES string of the molecule is CC(C)(C)C1CCC(CNc2ccc3c(c2)OCO3)CC1. The summed E-state index contributed by atoms with van der Waals surface area (Å²) in [5, 5.41) is 3.56. The molecule has 1 saturated carbocycles. The zero-order chi connectivity index (χ0) is 14.9. The lowest BCUT2D eigenvalue weighted by Crippen LogP contribution is -2.28. The van der Waals surface area contributed by atoms with Crippen LogP contribution < -0.4 is 14.8 Å². The molecule has 1 heterocycles. The first-order chi connectivity index (χ1) is 10.0. The summed E-state index contributed by atoms with van der Waals surface area (Å²) < 4.78 is 10.8. The van der Waals surface area contributed by atoms with E-state index in [1.54, 1.807) is 0 Å². The van der Waals surface area contributed by atoms with E-state index in [4.69, 9.17) is 9.47 Å². The van der Waals surface area contributed by atoms with Gasteiger partial charge in [0.25, 0.3) is 0 Å². The van der Waals surface area contributed by atoms with Crippen molar-refractivity contribution in [1.82, 2.24) is 0 Å². The average Bonchev–Trinajstić information content (AvgIpc) is 2.92. The van der Waals surface area contributed by atoms with Gasteiger partial charge in [0.2, 0.25) is 6.79 Å². The largest absolute Gasteiger partial charge is 0.454 e. The highest BCUT2D eigenvalue weighted by atomic mass is 16.7. The molecule has 1 aliphatic heterocycles.